The second kappa shape index (κ2) is 7.32. The van der Waals surface area contributed by atoms with Gasteiger partial charge in [-0.05, 0) is 62.1 Å². The summed E-state index contributed by atoms with van der Waals surface area (Å²) >= 11 is 0. The Kier molecular flexibility index (Phi) is 4.70. The molecule has 0 spiro atoms. The number of hydrogen-bond acceptors (Lipinski definition) is 4. The first-order chi connectivity index (χ1) is 13.5. The van der Waals surface area contributed by atoms with Crippen LogP contribution >= 0.6 is 0 Å². The quantitative estimate of drug-likeness (QED) is 0.692. The molecule has 0 bridgehead atoms. The van der Waals surface area contributed by atoms with E-state index in [1.54, 1.807) is 6.07 Å². The number of amides is 1. The summed E-state index contributed by atoms with van der Waals surface area (Å²) in [5.74, 6) is 1.21. The summed E-state index contributed by atoms with van der Waals surface area (Å²) in [5, 5.41) is 16.6. The summed E-state index contributed by atoms with van der Waals surface area (Å²) < 4.78 is 5.50. The average molecular weight is 371 g/mol. The van der Waals surface area contributed by atoms with Gasteiger partial charge in [-0.2, -0.15) is 5.26 Å². The van der Waals surface area contributed by atoms with Gasteiger partial charge in [0.2, 0.25) is 0 Å². The summed E-state index contributed by atoms with van der Waals surface area (Å²) in [7, 11) is 0. The predicted molar refractivity (Wildman–Crippen MR) is 107 cm³/mol. The van der Waals surface area contributed by atoms with E-state index in [0.717, 1.165) is 35.3 Å². The van der Waals surface area contributed by atoms with Crippen molar-refractivity contribution in [3.63, 3.8) is 0 Å². The molecule has 2 aromatic carbocycles. The van der Waals surface area contributed by atoms with E-state index in [1.165, 1.54) is 0 Å². The molecule has 4 rings (SSSR count). The van der Waals surface area contributed by atoms with E-state index in [4.69, 9.17) is 4.52 Å². The maximum atomic E-state index is 12.7. The molecule has 1 fully saturated rings. The van der Waals surface area contributed by atoms with Crippen LogP contribution in [-0.4, -0.2) is 17.1 Å². The third-order valence-electron chi connectivity index (χ3n) is 4.78. The number of aromatic nitrogens is 1. The highest BCUT2D eigenvalue weighted by molar-refractivity contribution is 5.97. The summed E-state index contributed by atoms with van der Waals surface area (Å²) in [6, 6.07) is 17.2. The van der Waals surface area contributed by atoms with Crippen molar-refractivity contribution in [1.29, 1.82) is 5.26 Å². The minimum Gasteiger partial charge on any atom is -0.360 e. The third-order valence-corrected chi connectivity index (χ3v) is 4.78. The van der Waals surface area contributed by atoms with Crippen LogP contribution in [0.15, 0.2) is 53.1 Å². The Balaban J connectivity index is 1.83. The van der Waals surface area contributed by atoms with Gasteiger partial charge in [0.25, 0.3) is 5.91 Å². The van der Waals surface area contributed by atoms with E-state index in [1.807, 2.05) is 56.3 Å². The van der Waals surface area contributed by atoms with Gasteiger partial charge in [-0.25, -0.2) is 0 Å². The largest absolute Gasteiger partial charge is 0.360 e. The zero-order chi connectivity index (χ0) is 19.7. The van der Waals surface area contributed by atoms with Gasteiger partial charge in [0.1, 0.15) is 11.5 Å². The van der Waals surface area contributed by atoms with Crippen LogP contribution in [0.5, 0.6) is 0 Å². The predicted octanol–water partition coefficient (Wildman–Crippen LogP) is 4.90. The van der Waals surface area contributed by atoms with Gasteiger partial charge in [0, 0.05) is 29.2 Å². The molecule has 5 heteroatoms. The van der Waals surface area contributed by atoms with E-state index in [9.17, 15) is 10.1 Å². The molecular formula is C23H21N3O2. The smallest absolute Gasteiger partial charge is 0.251 e. The maximum Gasteiger partial charge on any atom is 0.251 e. The number of nitrogens with zero attached hydrogens (tertiary/aromatic N) is 2. The summed E-state index contributed by atoms with van der Waals surface area (Å²) in [4.78, 5) is 12.7. The molecule has 5 nitrogen and oxygen atoms in total. The Morgan fingerprint density at radius 3 is 2.64 bits per heavy atom. The van der Waals surface area contributed by atoms with Crippen LogP contribution in [0.1, 0.15) is 54.3 Å². The van der Waals surface area contributed by atoms with Crippen LogP contribution in [0.4, 0.5) is 0 Å². The van der Waals surface area contributed by atoms with Crippen molar-refractivity contribution in [1.82, 2.24) is 10.5 Å². The summed E-state index contributed by atoms with van der Waals surface area (Å²) in [5.41, 5.74) is 4.20. The molecule has 0 radical (unpaired) electrons. The van der Waals surface area contributed by atoms with E-state index >= 15 is 0 Å². The number of carbonyl (C=O) groups excluding carboxylic acids is 1. The van der Waals surface area contributed by atoms with Crippen molar-refractivity contribution in [3.05, 3.63) is 65.4 Å². The van der Waals surface area contributed by atoms with E-state index < -0.39 is 0 Å². The Hall–Kier alpha value is -3.39. The minimum absolute atomic E-state index is 0.0273. The Bertz CT molecular complexity index is 1070. The van der Waals surface area contributed by atoms with E-state index in [2.05, 4.69) is 16.5 Å². The van der Waals surface area contributed by atoms with Crippen LogP contribution in [0.25, 0.3) is 22.4 Å². The molecule has 28 heavy (non-hydrogen) atoms. The standard InChI is InChI=1S/C23H21N3O2/c1-14(2)25-23(27)19-10-17(20-6-4-3-5-16(20)13-24)9-18(11-19)21-12-22(28-26-21)15-7-8-15/h3-6,9-12,14-15H,7-8H2,1-2H3,(H,25,27). The van der Waals surface area contributed by atoms with Gasteiger partial charge in [-0.15, -0.1) is 0 Å². The second-order valence-corrected chi connectivity index (χ2v) is 7.47. The van der Waals surface area contributed by atoms with E-state index in [0.29, 0.717) is 22.7 Å². The highest BCUT2D eigenvalue weighted by Crippen LogP contribution is 2.41. The fourth-order valence-electron chi connectivity index (χ4n) is 3.23. The molecule has 0 saturated heterocycles. The molecule has 0 atom stereocenters. The van der Waals surface area contributed by atoms with Crippen LogP contribution < -0.4 is 5.32 Å². The number of carbonyl (C=O) groups is 1. The van der Waals surface area contributed by atoms with Crippen molar-refractivity contribution >= 4 is 5.91 Å². The highest BCUT2D eigenvalue weighted by Gasteiger charge is 2.28. The van der Waals surface area contributed by atoms with Gasteiger partial charge >= 0.3 is 0 Å². The monoisotopic (exact) mass is 371 g/mol. The number of nitrogens with one attached hydrogen (secondary N) is 1. The van der Waals surface area contributed by atoms with Gasteiger partial charge in [0.05, 0.1) is 11.6 Å². The summed E-state index contributed by atoms with van der Waals surface area (Å²) in [6.07, 6.45) is 2.26. The highest BCUT2D eigenvalue weighted by atomic mass is 16.5. The lowest BCUT2D eigenvalue weighted by Crippen LogP contribution is -2.30. The zero-order valence-electron chi connectivity index (χ0n) is 15.9. The van der Waals surface area contributed by atoms with Gasteiger partial charge in [0.15, 0.2) is 0 Å². The number of benzene rings is 2. The molecule has 1 aliphatic rings. The van der Waals surface area contributed by atoms with Crippen molar-refractivity contribution in [2.75, 3.05) is 0 Å². The maximum absolute atomic E-state index is 12.7. The van der Waals surface area contributed by atoms with Crippen molar-refractivity contribution in [2.45, 2.75) is 38.6 Å². The normalized spacial score (nSPS) is 13.4. The Labute approximate surface area is 164 Å². The molecule has 0 aliphatic heterocycles. The van der Waals surface area contributed by atoms with Crippen molar-refractivity contribution in [3.8, 4) is 28.5 Å². The lowest BCUT2D eigenvalue weighted by atomic mass is 9.95. The molecule has 140 valence electrons. The van der Waals surface area contributed by atoms with Gasteiger partial charge in [-0.3, -0.25) is 4.79 Å². The number of rotatable bonds is 5. The Morgan fingerprint density at radius 1 is 1.18 bits per heavy atom. The molecule has 1 N–H and O–H groups in total. The van der Waals surface area contributed by atoms with Crippen molar-refractivity contribution in [2.24, 2.45) is 0 Å². The second-order valence-electron chi connectivity index (χ2n) is 7.47. The first-order valence-electron chi connectivity index (χ1n) is 9.47. The van der Waals surface area contributed by atoms with Crippen LogP contribution in [-0.2, 0) is 0 Å². The van der Waals surface area contributed by atoms with Crippen LogP contribution in [0.3, 0.4) is 0 Å². The lowest BCUT2D eigenvalue weighted by molar-refractivity contribution is 0.0943. The molecule has 3 aromatic rings. The SMILES string of the molecule is CC(C)NC(=O)c1cc(-c2cc(C3CC3)on2)cc(-c2ccccc2C#N)c1. The van der Waals surface area contributed by atoms with E-state index in [-0.39, 0.29) is 11.9 Å². The molecule has 1 aliphatic carbocycles. The molecule has 1 aromatic heterocycles. The zero-order valence-corrected chi connectivity index (χ0v) is 15.9. The lowest BCUT2D eigenvalue weighted by Gasteiger charge is -2.12. The van der Waals surface area contributed by atoms with Crippen LogP contribution in [0, 0.1) is 11.3 Å². The minimum atomic E-state index is -0.154. The van der Waals surface area contributed by atoms with Crippen molar-refractivity contribution < 1.29 is 9.32 Å². The molecule has 1 heterocycles. The third kappa shape index (κ3) is 3.67. The fourth-order valence-corrected chi connectivity index (χ4v) is 3.23. The van der Waals surface area contributed by atoms with Crippen LogP contribution in [0.2, 0.25) is 0 Å². The topological polar surface area (TPSA) is 78.9 Å². The first-order valence-corrected chi connectivity index (χ1v) is 9.47. The first kappa shape index (κ1) is 18.0. The Morgan fingerprint density at radius 2 is 1.93 bits per heavy atom. The molecular weight excluding hydrogens is 350 g/mol. The number of nitriles is 1. The molecule has 1 amide bonds. The molecule has 1 saturated carbocycles. The van der Waals surface area contributed by atoms with Gasteiger partial charge < -0.3 is 9.84 Å². The summed E-state index contributed by atoms with van der Waals surface area (Å²) in [6.45, 7) is 3.85. The fraction of sp³-hybridized carbons (Fsp3) is 0.261. The number of hydrogen-bond donors (Lipinski definition) is 1. The average Bonchev–Trinajstić information content (AvgIpc) is 3.43. The molecule has 0 unspecified atom stereocenters. The van der Waals surface area contributed by atoms with Gasteiger partial charge in [-0.1, -0.05) is 23.4 Å².